The molecule has 3 aliphatic rings. The Morgan fingerprint density at radius 1 is 1.10 bits per heavy atom. The summed E-state index contributed by atoms with van der Waals surface area (Å²) in [4.78, 5) is 0. The van der Waals surface area contributed by atoms with E-state index in [-0.39, 0.29) is 5.60 Å². The van der Waals surface area contributed by atoms with E-state index in [4.69, 9.17) is 9.47 Å². The Balaban J connectivity index is 1.43. The molecule has 1 saturated carbocycles. The van der Waals surface area contributed by atoms with Crippen LogP contribution in [-0.4, -0.2) is 24.9 Å². The van der Waals surface area contributed by atoms with Gasteiger partial charge in [-0.15, -0.1) is 0 Å². The van der Waals surface area contributed by atoms with E-state index in [1.165, 1.54) is 44.1 Å². The van der Waals surface area contributed by atoms with Crippen molar-refractivity contribution in [2.24, 2.45) is 0 Å². The molecule has 3 heteroatoms. The summed E-state index contributed by atoms with van der Waals surface area (Å²) < 4.78 is 12.0. The molecule has 0 amide bonds. The Labute approximate surface area is 127 Å². The van der Waals surface area contributed by atoms with Crippen molar-refractivity contribution >= 4 is 0 Å². The van der Waals surface area contributed by atoms with E-state index in [1.807, 2.05) is 6.07 Å². The van der Waals surface area contributed by atoms with E-state index in [2.05, 4.69) is 23.5 Å². The van der Waals surface area contributed by atoms with Crippen LogP contribution >= 0.6 is 0 Å². The first-order chi connectivity index (χ1) is 10.3. The monoisotopic (exact) mass is 287 g/mol. The lowest BCUT2D eigenvalue weighted by molar-refractivity contribution is -0.110. The number of para-hydroxylation sites is 1. The van der Waals surface area contributed by atoms with Crippen LogP contribution in [0, 0.1) is 0 Å². The maximum atomic E-state index is 6.20. The lowest BCUT2D eigenvalue weighted by Crippen LogP contribution is -2.49. The number of ether oxygens (including phenoxy) is 2. The number of benzene rings is 1. The Hall–Kier alpha value is -1.06. The number of hydrogen-bond donors (Lipinski definition) is 1. The summed E-state index contributed by atoms with van der Waals surface area (Å²) in [5, 5.41) is 3.84. The Bertz CT molecular complexity index is 490. The summed E-state index contributed by atoms with van der Waals surface area (Å²) in [5.41, 5.74) is 1.49. The van der Waals surface area contributed by atoms with Crippen LogP contribution in [0.4, 0.5) is 0 Å². The van der Waals surface area contributed by atoms with Gasteiger partial charge >= 0.3 is 0 Å². The highest BCUT2D eigenvalue weighted by Gasteiger charge is 2.39. The molecule has 1 spiro atoms. The first-order valence-corrected chi connectivity index (χ1v) is 8.46. The van der Waals surface area contributed by atoms with Crippen LogP contribution in [0.3, 0.4) is 0 Å². The minimum Gasteiger partial charge on any atom is -0.491 e. The van der Waals surface area contributed by atoms with Crippen LogP contribution in [0.5, 0.6) is 5.75 Å². The zero-order valence-corrected chi connectivity index (χ0v) is 12.6. The highest BCUT2D eigenvalue weighted by atomic mass is 16.5. The van der Waals surface area contributed by atoms with E-state index < -0.39 is 0 Å². The molecule has 2 aliphatic heterocycles. The van der Waals surface area contributed by atoms with E-state index in [9.17, 15) is 0 Å². The van der Waals surface area contributed by atoms with Crippen LogP contribution in [0.25, 0.3) is 0 Å². The van der Waals surface area contributed by atoms with E-state index in [0.29, 0.717) is 12.1 Å². The Morgan fingerprint density at radius 2 is 1.95 bits per heavy atom. The molecule has 2 heterocycles. The minimum absolute atomic E-state index is 0.174. The third-order valence-electron chi connectivity index (χ3n) is 5.39. The van der Waals surface area contributed by atoms with Crippen LogP contribution in [0.2, 0.25) is 0 Å². The average molecular weight is 287 g/mol. The molecule has 1 aromatic carbocycles. The molecule has 114 valence electrons. The van der Waals surface area contributed by atoms with Gasteiger partial charge in [0.2, 0.25) is 0 Å². The van der Waals surface area contributed by atoms with Crippen LogP contribution < -0.4 is 10.1 Å². The first kappa shape index (κ1) is 13.6. The highest BCUT2D eigenvalue weighted by Crippen LogP contribution is 2.40. The molecular formula is C18H25NO2. The average Bonchev–Trinajstić information content (AvgIpc) is 2.92. The lowest BCUT2D eigenvalue weighted by Gasteiger charge is -2.44. The van der Waals surface area contributed by atoms with Gasteiger partial charge in [0.15, 0.2) is 0 Å². The van der Waals surface area contributed by atoms with Crippen molar-refractivity contribution in [3.63, 3.8) is 0 Å². The van der Waals surface area contributed by atoms with Gasteiger partial charge < -0.3 is 14.8 Å². The molecule has 1 saturated heterocycles. The number of hydrogen-bond acceptors (Lipinski definition) is 3. The largest absolute Gasteiger partial charge is 0.491 e. The first-order valence-electron chi connectivity index (χ1n) is 8.46. The Kier molecular flexibility index (Phi) is 3.64. The van der Waals surface area contributed by atoms with Crippen molar-refractivity contribution < 1.29 is 9.47 Å². The van der Waals surface area contributed by atoms with Crippen molar-refractivity contribution in [3.05, 3.63) is 29.8 Å². The molecular weight excluding hydrogens is 262 g/mol. The van der Waals surface area contributed by atoms with Crippen molar-refractivity contribution in [1.29, 1.82) is 0 Å². The second-order valence-corrected chi connectivity index (χ2v) is 6.85. The van der Waals surface area contributed by atoms with Crippen molar-refractivity contribution in [2.75, 3.05) is 13.2 Å². The molecule has 3 nitrogen and oxygen atoms in total. The minimum atomic E-state index is 0.174. The van der Waals surface area contributed by atoms with Crippen molar-refractivity contribution in [1.82, 2.24) is 5.32 Å². The predicted molar refractivity (Wildman–Crippen MR) is 82.6 cm³/mol. The number of rotatable bonds is 2. The van der Waals surface area contributed by atoms with Gasteiger partial charge in [0, 0.05) is 18.2 Å². The summed E-state index contributed by atoms with van der Waals surface area (Å²) in [7, 11) is 0. The molecule has 1 aliphatic carbocycles. The molecule has 2 unspecified atom stereocenters. The van der Waals surface area contributed by atoms with Crippen LogP contribution in [0.15, 0.2) is 24.3 Å². The maximum Gasteiger partial charge on any atom is 0.124 e. The summed E-state index contributed by atoms with van der Waals surface area (Å²) in [6.45, 7) is 1.68. The molecule has 0 aromatic heterocycles. The normalized spacial score (nSPS) is 30.9. The molecule has 1 aromatic rings. The fourth-order valence-electron chi connectivity index (χ4n) is 4.30. The summed E-state index contributed by atoms with van der Waals surface area (Å²) >= 11 is 0. The molecule has 0 radical (unpaired) electrons. The fourth-order valence-corrected chi connectivity index (χ4v) is 4.30. The molecule has 2 atom stereocenters. The van der Waals surface area contributed by atoms with Crippen molar-refractivity contribution in [2.45, 2.75) is 62.6 Å². The van der Waals surface area contributed by atoms with Gasteiger partial charge in [0.05, 0.1) is 11.6 Å². The topological polar surface area (TPSA) is 30.5 Å². The molecule has 4 rings (SSSR count). The van der Waals surface area contributed by atoms with Gasteiger partial charge in [0.1, 0.15) is 12.4 Å². The second kappa shape index (κ2) is 5.62. The van der Waals surface area contributed by atoms with E-state index in [0.717, 1.165) is 25.4 Å². The van der Waals surface area contributed by atoms with Crippen LogP contribution in [-0.2, 0) is 4.74 Å². The van der Waals surface area contributed by atoms with Crippen molar-refractivity contribution in [3.8, 4) is 5.75 Å². The molecule has 0 bridgehead atoms. The SMILES string of the molecule is c1ccc2c(c1)OCC2NC1CCOC2(CCCCC2)C1. The fraction of sp³-hybridized carbons (Fsp3) is 0.667. The Morgan fingerprint density at radius 3 is 2.86 bits per heavy atom. The van der Waals surface area contributed by atoms with Gasteiger partial charge in [-0.05, 0) is 31.7 Å². The number of nitrogens with one attached hydrogen (secondary N) is 1. The van der Waals surface area contributed by atoms with Crippen LogP contribution in [0.1, 0.15) is 56.6 Å². The van der Waals surface area contributed by atoms with E-state index in [1.54, 1.807) is 0 Å². The highest BCUT2D eigenvalue weighted by molar-refractivity contribution is 5.39. The predicted octanol–water partition coefficient (Wildman–Crippen LogP) is 3.59. The summed E-state index contributed by atoms with van der Waals surface area (Å²) in [5.74, 6) is 1.05. The smallest absolute Gasteiger partial charge is 0.124 e. The molecule has 21 heavy (non-hydrogen) atoms. The zero-order chi connectivity index (χ0) is 14.1. The summed E-state index contributed by atoms with van der Waals surface area (Å²) in [6.07, 6.45) is 8.86. The third-order valence-corrected chi connectivity index (χ3v) is 5.39. The lowest BCUT2D eigenvalue weighted by atomic mass is 9.78. The zero-order valence-electron chi connectivity index (χ0n) is 12.6. The van der Waals surface area contributed by atoms with Gasteiger partial charge in [-0.25, -0.2) is 0 Å². The maximum absolute atomic E-state index is 6.20. The summed E-state index contributed by atoms with van der Waals surface area (Å²) in [6, 6.07) is 9.34. The molecule has 2 fully saturated rings. The van der Waals surface area contributed by atoms with E-state index >= 15 is 0 Å². The standard InChI is InChI=1S/C18H25NO2/c1-4-9-18(10-5-1)12-14(8-11-21-18)19-16-13-20-17-7-3-2-6-15(16)17/h2-3,6-7,14,16,19H,1,4-5,8-13H2. The van der Waals surface area contributed by atoms with Gasteiger partial charge in [-0.1, -0.05) is 37.5 Å². The van der Waals surface area contributed by atoms with Gasteiger partial charge in [0.25, 0.3) is 0 Å². The van der Waals surface area contributed by atoms with Gasteiger partial charge in [-0.3, -0.25) is 0 Å². The quantitative estimate of drug-likeness (QED) is 0.901. The van der Waals surface area contributed by atoms with Gasteiger partial charge in [-0.2, -0.15) is 0 Å². The molecule has 1 N–H and O–H groups in total. The number of fused-ring (bicyclic) bond motifs is 1. The second-order valence-electron chi connectivity index (χ2n) is 6.85. The third kappa shape index (κ3) is 2.69.